The van der Waals surface area contributed by atoms with Gasteiger partial charge in [0.2, 0.25) is 5.91 Å². The van der Waals surface area contributed by atoms with Crippen molar-refractivity contribution in [1.82, 2.24) is 10.2 Å². The average molecular weight is 489 g/mol. The standard InChI is InChI=1S/C25H33BrN2O3/c1-17(2)14-27-25(30)19(5)28(15-20-10-12-21(26)13-11-20)24(29)16-31-23-9-7-6-8-22(23)18(3)4/h6-13,17-19H,14-16H2,1-5H3,(H,27,30)/t19-/m1/s1. The Hall–Kier alpha value is -2.34. The zero-order chi connectivity index (χ0) is 23.0. The molecule has 5 nitrogen and oxygen atoms in total. The summed E-state index contributed by atoms with van der Waals surface area (Å²) in [7, 11) is 0. The second-order valence-corrected chi connectivity index (χ2v) is 9.36. The number of rotatable bonds is 10. The molecule has 0 radical (unpaired) electrons. The molecule has 0 aliphatic carbocycles. The molecule has 0 saturated carbocycles. The van der Waals surface area contributed by atoms with Gasteiger partial charge in [-0.3, -0.25) is 9.59 Å². The first-order valence-corrected chi connectivity index (χ1v) is 11.5. The largest absolute Gasteiger partial charge is 0.483 e. The van der Waals surface area contributed by atoms with Gasteiger partial charge >= 0.3 is 0 Å². The molecule has 0 saturated heterocycles. The van der Waals surface area contributed by atoms with Crippen molar-refractivity contribution in [2.75, 3.05) is 13.2 Å². The monoisotopic (exact) mass is 488 g/mol. The van der Waals surface area contributed by atoms with Crippen LogP contribution < -0.4 is 10.1 Å². The SMILES string of the molecule is CC(C)CNC(=O)[C@@H](C)N(Cc1ccc(Br)cc1)C(=O)COc1ccccc1C(C)C. The number of para-hydroxylation sites is 1. The van der Waals surface area contributed by atoms with Crippen molar-refractivity contribution in [3.05, 3.63) is 64.1 Å². The lowest BCUT2D eigenvalue weighted by molar-refractivity contribution is -0.142. The molecule has 1 atom stereocenters. The molecular formula is C25H33BrN2O3. The highest BCUT2D eigenvalue weighted by atomic mass is 79.9. The summed E-state index contributed by atoms with van der Waals surface area (Å²) in [5.41, 5.74) is 2.00. The number of halogens is 1. The molecule has 1 N–H and O–H groups in total. The number of carbonyl (C=O) groups is 2. The van der Waals surface area contributed by atoms with Gasteiger partial charge in [0, 0.05) is 17.6 Å². The number of ether oxygens (including phenoxy) is 1. The van der Waals surface area contributed by atoms with Gasteiger partial charge in [-0.05, 0) is 48.1 Å². The minimum atomic E-state index is -0.612. The van der Waals surface area contributed by atoms with E-state index in [0.717, 1.165) is 15.6 Å². The van der Waals surface area contributed by atoms with Crippen LogP contribution in [0.5, 0.6) is 5.75 Å². The number of benzene rings is 2. The summed E-state index contributed by atoms with van der Waals surface area (Å²) in [5, 5.41) is 2.93. The van der Waals surface area contributed by atoms with E-state index in [0.29, 0.717) is 24.8 Å². The summed E-state index contributed by atoms with van der Waals surface area (Å²) < 4.78 is 6.86. The van der Waals surface area contributed by atoms with Crippen LogP contribution >= 0.6 is 15.9 Å². The molecule has 6 heteroatoms. The Morgan fingerprint density at radius 2 is 1.65 bits per heavy atom. The molecular weight excluding hydrogens is 456 g/mol. The van der Waals surface area contributed by atoms with Crippen LogP contribution in [0.1, 0.15) is 51.7 Å². The lowest BCUT2D eigenvalue weighted by Gasteiger charge is -2.29. The molecule has 0 heterocycles. The Kier molecular flexibility index (Phi) is 9.56. The Bertz CT molecular complexity index is 865. The third-order valence-corrected chi connectivity index (χ3v) is 5.54. The number of nitrogens with one attached hydrogen (secondary N) is 1. The molecule has 0 aliphatic rings. The van der Waals surface area contributed by atoms with Crippen LogP contribution in [0.15, 0.2) is 53.0 Å². The van der Waals surface area contributed by atoms with Gasteiger partial charge in [0.25, 0.3) is 5.91 Å². The zero-order valence-electron chi connectivity index (χ0n) is 19.0. The maximum atomic E-state index is 13.2. The van der Waals surface area contributed by atoms with E-state index in [1.165, 1.54) is 0 Å². The summed E-state index contributed by atoms with van der Waals surface area (Å²) in [5.74, 6) is 0.926. The highest BCUT2D eigenvalue weighted by molar-refractivity contribution is 9.10. The van der Waals surface area contributed by atoms with Crippen molar-refractivity contribution in [2.45, 2.75) is 53.1 Å². The van der Waals surface area contributed by atoms with Crippen LogP contribution in [0, 0.1) is 5.92 Å². The van der Waals surface area contributed by atoms with Gasteiger partial charge in [-0.1, -0.05) is 74.0 Å². The molecule has 0 aliphatic heterocycles. The number of amides is 2. The first-order valence-electron chi connectivity index (χ1n) is 10.7. The fraction of sp³-hybridized carbons (Fsp3) is 0.440. The molecule has 2 aromatic carbocycles. The van der Waals surface area contributed by atoms with Crippen LogP contribution in [0.4, 0.5) is 0 Å². The van der Waals surface area contributed by atoms with Gasteiger partial charge in [-0.25, -0.2) is 0 Å². The second-order valence-electron chi connectivity index (χ2n) is 8.44. The molecule has 2 rings (SSSR count). The van der Waals surface area contributed by atoms with E-state index in [2.05, 4.69) is 35.1 Å². The number of nitrogens with zero attached hydrogens (tertiary/aromatic N) is 1. The summed E-state index contributed by atoms with van der Waals surface area (Å²) in [4.78, 5) is 27.4. The fourth-order valence-corrected chi connectivity index (χ4v) is 3.40. The summed E-state index contributed by atoms with van der Waals surface area (Å²) in [6.07, 6.45) is 0. The Morgan fingerprint density at radius 1 is 1.00 bits per heavy atom. The lowest BCUT2D eigenvalue weighted by Crippen LogP contribution is -2.49. The maximum Gasteiger partial charge on any atom is 0.261 e. The Morgan fingerprint density at radius 3 is 2.26 bits per heavy atom. The molecule has 0 bridgehead atoms. The third-order valence-electron chi connectivity index (χ3n) is 5.01. The van der Waals surface area contributed by atoms with Crippen LogP contribution in [0.2, 0.25) is 0 Å². The molecule has 31 heavy (non-hydrogen) atoms. The van der Waals surface area contributed by atoms with E-state index in [1.807, 2.05) is 62.4 Å². The van der Waals surface area contributed by atoms with Gasteiger partial charge in [-0.15, -0.1) is 0 Å². The smallest absolute Gasteiger partial charge is 0.261 e. The van der Waals surface area contributed by atoms with Gasteiger partial charge in [0.1, 0.15) is 11.8 Å². The van der Waals surface area contributed by atoms with Crippen molar-refractivity contribution in [2.24, 2.45) is 5.92 Å². The minimum Gasteiger partial charge on any atom is -0.483 e. The van der Waals surface area contributed by atoms with Gasteiger partial charge in [-0.2, -0.15) is 0 Å². The zero-order valence-corrected chi connectivity index (χ0v) is 20.6. The molecule has 0 fully saturated rings. The van der Waals surface area contributed by atoms with Gasteiger partial charge in [0.05, 0.1) is 0 Å². The Balaban J connectivity index is 2.17. The molecule has 2 aromatic rings. The van der Waals surface area contributed by atoms with Crippen molar-refractivity contribution in [3.8, 4) is 5.75 Å². The van der Waals surface area contributed by atoms with E-state index in [4.69, 9.17) is 4.74 Å². The van der Waals surface area contributed by atoms with Crippen LogP contribution in [-0.4, -0.2) is 35.9 Å². The predicted octanol–water partition coefficient (Wildman–Crippen LogP) is 5.14. The first kappa shape index (κ1) is 24.9. The highest BCUT2D eigenvalue weighted by Gasteiger charge is 2.26. The molecule has 0 aromatic heterocycles. The lowest BCUT2D eigenvalue weighted by atomic mass is 10.0. The minimum absolute atomic E-state index is 0.123. The number of hydrogen-bond donors (Lipinski definition) is 1. The van der Waals surface area contributed by atoms with Gasteiger partial charge in [0.15, 0.2) is 6.61 Å². The van der Waals surface area contributed by atoms with Crippen molar-refractivity contribution >= 4 is 27.7 Å². The molecule has 2 amide bonds. The number of carbonyl (C=O) groups excluding carboxylic acids is 2. The quantitative estimate of drug-likeness (QED) is 0.503. The summed E-state index contributed by atoms with van der Waals surface area (Å²) in [6.45, 7) is 10.8. The Labute approximate surface area is 194 Å². The van der Waals surface area contributed by atoms with Crippen molar-refractivity contribution in [3.63, 3.8) is 0 Å². The average Bonchev–Trinajstić information content (AvgIpc) is 2.75. The molecule has 0 spiro atoms. The van der Waals surface area contributed by atoms with E-state index in [1.54, 1.807) is 11.8 Å². The van der Waals surface area contributed by atoms with E-state index >= 15 is 0 Å². The van der Waals surface area contributed by atoms with E-state index in [9.17, 15) is 9.59 Å². The highest BCUT2D eigenvalue weighted by Crippen LogP contribution is 2.26. The topological polar surface area (TPSA) is 58.6 Å². The van der Waals surface area contributed by atoms with Gasteiger partial charge < -0.3 is 15.0 Å². The second kappa shape index (κ2) is 11.9. The third kappa shape index (κ3) is 7.69. The molecule has 168 valence electrons. The van der Waals surface area contributed by atoms with Crippen LogP contribution in [-0.2, 0) is 16.1 Å². The van der Waals surface area contributed by atoms with Crippen LogP contribution in [0.25, 0.3) is 0 Å². The number of hydrogen-bond acceptors (Lipinski definition) is 3. The predicted molar refractivity (Wildman–Crippen MR) is 128 cm³/mol. The van der Waals surface area contributed by atoms with Crippen molar-refractivity contribution in [1.29, 1.82) is 0 Å². The first-order chi connectivity index (χ1) is 14.7. The normalized spacial score (nSPS) is 12.0. The van der Waals surface area contributed by atoms with Crippen molar-refractivity contribution < 1.29 is 14.3 Å². The van der Waals surface area contributed by atoms with E-state index < -0.39 is 6.04 Å². The molecule has 0 unspecified atom stereocenters. The maximum absolute atomic E-state index is 13.2. The van der Waals surface area contributed by atoms with E-state index in [-0.39, 0.29) is 24.3 Å². The fourth-order valence-electron chi connectivity index (χ4n) is 3.13. The summed E-state index contributed by atoms with van der Waals surface area (Å²) >= 11 is 3.43. The summed E-state index contributed by atoms with van der Waals surface area (Å²) in [6, 6.07) is 14.9. The van der Waals surface area contributed by atoms with Crippen LogP contribution in [0.3, 0.4) is 0 Å².